The number of aromatic amines is 1. The Morgan fingerprint density at radius 3 is 2.22 bits per heavy atom. The molecule has 0 radical (unpaired) electrons. The van der Waals surface area contributed by atoms with Gasteiger partial charge in [-0.3, -0.25) is 19.4 Å². The lowest BCUT2D eigenvalue weighted by molar-refractivity contribution is -0.143. The number of aromatic nitrogens is 2. The molecule has 224 valence electrons. The van der Waals surface area contributed by atoms with Crippen LogP contribution >= 0.6 is 0 Å². The van der Waals surface area contributed by atoms with Crippen molar-refractivity contribution >= 4 is 29.7 Å². The Morgan fingerprint density at radius 1 is 1.00 bits per heavy atom. The number of guanidine groups is 1. The van der Waals surface area contributed by atoms with Crippen LogP contribution in [0.25, 0.3) is 0 Å². The second-order valence-electron chi connectivity index (χ2n) is 9.86. The standard InChI is InChI=1S/C27H41N9O5/c1-3-16(2)22(26(40)41)36-25(39)20(12-17-8-5-4-6-9-17)35-24(38)21(13-18-14-31-15-33-18)34-23(37)19(28)10-7-11-32-27(29)30/h4-6,8-9,14-16,19-22H,3,7,10-13,28H2,1-2H3,(H,31,33)(H,34,37)(H,35,38)(H,36,39)(H,40,41)(H4,29,30,32). The van der Waals surface area contributed by atoms with Crippen molar-refractivity contribution in [2.75, 3.05) is 6.54 Å². The van der Waals surface area contributed by atoms with Gasteiger partial charge < -0.3 is 43.2 Å². The van der Waals surface area contributed by atoms with Crippen molar-refractivity contribution in [3.05, 3.63) is 54.1 Å². The molecule has 2 aromatic rings. The Bertz CT molecular complexity index is 1150. The number of nitrogens with one attached hydrogen (secondary N) is 4. The van der Waals surface area contributed by atoms with E-state index in [1.807, 2.05) is 13.0 Å². The molecule has 0 spiro atoms. The average Bonchev–Trinajstić information content (AvgIpc) is 3.46. The third-order valence-electron chi connectivity index (χ3n) is 6.61. The molecule has 5 unspecified atom stereocenters. The fourth-order valence-corrected chi connectivity index (χ4v) is 4.02. The smallest absolute Gasteiger partial charge is 0.326 e. The molecule has 0 aliphatic rings. The van der Waals surface area contributed by atoms with Crippen LogP contribution in [0.4, 0.5) is 0 Å². The van der Waals surface area contributed by atoms with Crippen molar-refractivity contribution in [3.63, 3.8) is 0 Å². The number of imidazole rings is 1. The average molecular weight is 572 g/mol. The first-order valence-corrected chi connectivity index (χ1v) is 13.5. The van der Waals surface area contributed by atoms with Crippen LogP contribution < -0.4 is 33.2 Å². The van der Waals surface area contributed by atoms with Crippen molar-refractivity contribution in [1.82, 2.24) is 25.9 Å². The van der Waals surface area contributed by atoms with E-state index in [9.17, 15) is 24.3 Å². The number of rotatable bonds is 17. The second kappa shape index (κ2) is 16.6. The summed E-state index contributed by atoms with van der Waals surface area (Å²) in [6, 6.07) is 4.69. The van der Waals surface area contributed by atoms with E-state index in [0.717, 1.165) is 5.56 Å². The molecule has 0 aliphatic heterocycles. The van der Waals surface area contributed by atoms with E-state index in [1.165, 1.54) is 12.5 Å². The van der Waals surface area contributed by atoms with Crippen molar-refractivity contribution in [2.24, 2.45) is 28.1 Å². The van der Waals surface area contributed by atoms with E-state index in [4.69, 9.17) is 17.2 Å². The van der Waals surface area contributed by atoms with Gasteiger partial charge in [0.2, 0.25) is 17.7 Å². The normalized spacial score (nSPS) is 14.5. The summed E-state index contributed by atoms with van der Waals surface area (Å²) in [5.41, 5.74) is 18.0. The summed E-state index contributed by atoms with van der Waals surface area (Å²) in [6.45, 7) is 3.84. The SMILES string of the molecule is CCC(C)C(NC(=O)C(Cc1ccccc1)NC(=O)C(Cc1cnc[nH]1)NC(=O)C(N)CCCN=C(N)N)C(=O)O. The minimum atomic E-state index is -1.17. The summed E-state index contributed by atoms with van der Waals surface area (Å²) in [6.07, 6.45) is 4.34. The molecule has 11 N–H and O–H groups in total. The Morgan fingerprint density at radius 2 is 1.63 bits per heavy atom. The summed E-state index contributed by atoms with van der Waals surface area (Å²) >= 11 is 0. The molecule has 5 atom stereocenters. The number of aliphatic carboxylic acids is 1. The number of carbonyl (C=O) groups is 4. The topological polar surface area (TPSA) is 244 Å². The van der Waals surface area contributed by atoms with E-state index in [1.54, 1.807) is 31.2 Å². The highest BCUT2D eigenvalue weighted by Crippen LogP contribution is 2.11. The number of amides is 3. The number of H-pyrrole nitrogens is 1. The maximum Gasteiger partial charge on any atom is 0.326 e. The zero-order valence-corrected chi connectivity index (χ0v) is 23.4. The van der Waals surface area contributed by atoms with Crippen LogP contribution in [0, 0.1) is 5.92 Å². The van der Waals surface area contributed by atoms with Crippen LogP contribution in [0.15, 0.2) is 47.8 Å². The van der Waals surface area contributed by atoms with Crippen molar-refractivity contribution < 1.29 is 24.3 Å². The van der Waals surface area contributed by atoms with Gasteiger partial charge in [0.25, 0.3) is 0 Å². The monoisotopic (exact) mass is 571 g/mol. The predicted octanol–water partition coefficient (Wildman–Crippen LogP) is -0.839. The highest BCUT2D eigenvalue weighted by atomic mass is 16.4. The van der Waals surface area contributed by atoms with Crippen LogP contribution in [0.3, 0.4) is 0 Å². The Balaban J connectivity index is 2.23. The number of carbonyl (C=O) groups excluding carboxylic acids is 3. The molecule has 0 aliphatic carbocycles. The molecule has 1 aromatic carbocycles. The summed E-state index contributed by atoms with van der Waals surface area (Å²) in [5.74, 6) is -3.44. The quantitative estimate of drug-likeness (QED) is 0.0669. The van der Waals surface area contributed by atoms with E-state index >= 15 is 0 Å². The van der Waals surface area contributed by atoms with Gasteiger partial charge in [0.1, 0.15) is 18.1 Å². The lowest BCUT2D eigenvalue weighted by Gasteiger charge is -2.26. The number of carboxylic acids is 1. The molecule has 0 saturated carbocycles. The van der Waals surface area contributed by atoms with E-state index < -0.39 is 47.9 Å². The van der Waals surface area contributed by atoms with Crippen molar-refractivity contribution in [3.8, 4) is 0 Å². The molecule has 1 heterocycles. The highest BCUT2D eigenvalue weighted by Gasteiger charge is 2.32. The fourth-order valence-electron chi connectivity index (χ4n) is 4.02. The number of hydrogen-bond acceptors (Lipinski definition) is 7. The zero-order valence-electron chi connectivity index (χ0n) is 23.4. The molecule has 1 aromatic heterocycles. The van der Waals surface area contributed by atoms with Crippen LogP contribution in [0.1, 0.15) is 44.4 Å². The van der Waals surface area contributed by atoms with Crippen LogP contribution in [-0.2, 0) is 32.0 Å². The van der Waals surface area contributed by atoms with Gasteiger partial charge in [-0.1, -0.05) is 50.6 Å². The minimum absolute atomic E-state index is 0.0442. The molecule has 14 nitrogen and oxygen atoms in total. The maximum atomic E-state index is 13.5. The van der Waals surface area contributed by atoms with E-state index in [2.05, 4.69) is 30.9 Å². The van der Waals surface area contributed by atoms with Crippen LogP contribution in [0.2, 0.25) is 0 Å². The third kappa shape index (κ3) is 11.3. The first-order valence-electron chi connectivity index (χ1n) is 13.5. The first-order chi connectivity index (χ1) is 19.5. The van der Waals surface area contributed by atoms with Crippen molar-refractivity contribution in [2.45, 2.75) is 70.1 Å². The number of hydrogen-bond donors (Lipinski definition) is 8. The van der Waals surface area contributed by atoms with Gasteiger partial charge in [0, 0.05) is 31.3 Å². The van der Waals surface area contributed by atoms with E-state index in [-0.39, 0.29) is 31.1 Å². The fraction of sp³-hybridized carbons (Fsp3) is 0.481. The summed E-state index contributed by atoms with van der Waals surface area (Å²) < 4.78 is 0. The molecule has 0 saturated heterocycles. The zero-order chi connectivity index (χ0) is 30.4. The molecule has 3 amide bonds. The Hall–Kier alpha value is -4.46. The molecule has 0 bridgehead atoms. The molecule has 0 fully saturated rings. The predicted molar refractivity (Wildman–Crippen MR) is 153 cm³/mol. The molecule has 2 rings (SSSR count). The van der Waals surface area contributed by atoms with Gasteiger partial charge in [-0.25, -0.2) is 9.78 Å². The maximum absolute atomic E-state index is 13.5. The van der Waals surface area contributed by atoms with Crippen LogP contribution in [-0.4, -0.2) is 75.4 Å². The lowest BCUT2D eigenvalue weighted by Crippen LogP contribution is -2.58. The number of nitrogens with two attached hydrogens (primary N) is 3. The summed E-state index contributed by atoms with van der Waals surface area (Å²) in [5, 5.41) is 17.6. The molecular weight excluding hydrogens is 530 g/mol. The number of nitrogens with zero attached hydrogens (tertiary/aromatic N) is 2. The first kappa shape index (κ1) is 32.8. The number of aliphatic imine (C=N–C) groups is 1. The Labute approximate surface area is 238 Å². The third-order valence-corrected chi connectivity index (χ3v) is 6.61. The molecular formula is C27H41N9O5. The largest absolute Gasteiger partial charge is 0.480 e. The van der Waals surface area contributed by atoms with E-state index in [0.29, 0.717) is 25.1 Å². The number of carboxylic acid groups (broad SMARTS) is 1. The van der Waals surface area contributed by atoms with Gasteiger partial charge in [-0.15, -0.1) is 0 Å². The van der Waals surface area contributed by atoms with Gasteiger partial charge in [-0.2, -0.15) is 0 Å². The second-order valence-corrected chi connectivity index (χ2v) is 9.86. The number of benzene rings is 1. The summed E-state index contributed by atoms with van der Waals surface area (Å²) in [4.78, 5) is 62.3. The minimum Gasteiger partial charge on any atom is -0.480 e. The van der Waals surface area contributed by atoms with Gasteiger partial charge in [0.05, 0.1) is 12.4 Å². The van der Waals surface area contributed by atoms with Crippen molar-refractivity contribution in [1.29, 1.82) is 0 Å². The summed E-state index contributed by atoms with van der Waals surface area (Å²) in [7, 11) is 0. The van der Waals surface area contributed by atoms with Gasteiger partial charge in [0.15, 0.2) is 5.96 Å². The lowest BCUT2D eigenvalue weighted by atomic mass is 9.98. The van der Waals surface area contributed by atoms with Crippen LogP contribution in [0.5, 0.6) is 0 Å². The Kier molecular flexibility index (Phi) is 13.3. The van der Waals surface area contributed by atoms with Gasteiger partial charge in [-0.05, 0) is 24.3 Å². The van der Waals surface area contributed by atoms with Gasteiger partial charge >= 0.3 is 5.97 Å². The highest BCUT2D eigenvalue weighted by molar-refractivity contribution is 5.94. The molecule has 41 heavy (non-hydrogen) atoms. The molecule has 14 heteroatoms.